The molecule has 1 saturated carbocycles. The molecule has 1 fully saturated rings. The number of hydrogen-bond donors (Lipinski definition) is 1. The van der Waals surface area contributed by atoms with E-state index in [4.69, 9.17) is 12.6 Å². The van der Waals surface area contributed by atoms with Crippen LogP contribution in [0.1, 0.15) is 52.4 Å². The number of fused-ring (bicyclic) bond motifs is 1. The molecule has 0 aromatic rings. The molecular weight excluding hydrogens is 188 g/mol. The fraction of sp³-hybridized carbons (Fsp3) is 0.846. The van der Waals surface area contributed by atoms with Crippen LogP contribution in [-0.4, -0.2) is 4.75 Å². The second-order valence-corrected chi connectivity index (χ2v) is 6.68. The monoisotopic (exact) mass is 210 g/mol. The molecule has 2 atom stereocenters. The molecule has 14 heavy (non-hydrogen) atoms. The van der Waals surface area contributed by atoms with Crippen LogP contribution in [0.4, 0.5) is 0 Å². The zero-order valence-electron chi connectivity index (χ0n) is 9.42. The van der Waals surface area contributed by atoms with E-state index in [0.29, 0.717) is 0 Å². The molecule has 0 radical (unpaired) electrons. The Morgan fingerprint density at radius 3 is 2.86 bits per heavy atom. The highest BCUT2D eigenvalue weighted by molar-refractivity contribution is 7.81. The number of allylic oxidation sites excluding steroid dienone is 2. The highest BCUT2D eigenvalue weighted by atomic mass is 32.1. The lowest BCUT2D eigenvalue weighted by Gasteiger charge is -2.39. The first-order valence-electron chi connectivity index (χ1n) is 5.98. The summed E-state index contributed by atoms with van der Waals surface area (Å²) in [6, 6.07) is 0. The Hall–Kier alpha value is 0.0900. The van der Waals surface area contributed by atoms with Crippen LogP contribution in [0.5, 0.6) is 0 Å². The van der Waals surface area contributed by atoms with Crippen molar-refractivity contribution < 1.29 is 0 Å². The molecule has 2 rings (SSSR count). The van der Waals surface area contributed by atoms with E-state index < -0.39 is 0 Å². The molecule has 80 valence electrons. The summed E-state index contributed by atoms with van der Waals surface area (Å²) in [6.07, 6.45) is 10.8. The second-order valence-electron chi connectivity index (χ2n) is 5.53. The minimum Gasteiger partial charge on any atom is -0.173 e. The molecule has 0 amide bonds. The Kier molecular flexibility index (Phi) is 2.97. The minimum atomic E-state index is 0.225. The molecule has 0 aromatic carbocycles. The van der Waals surface area contributed by atoms with Crippen molar-refractivity contribution in [3.63, 3.8) is 0 Å². The molecule has 0 aliphatic heterocycles. The predicted molar refractivity (Wildman–Crippen MR) is 65.8 cm³/mol. The standard InChI is InChI=1S/C13H22S/c1-13(2,14)12-8-7-10-5-3-4-6-11(10)9-12/h5,11-12,14H,3-4,6-9H2,1-2H3. The van der Waals surface area contributed by atoms with Gasteiger partial charge >= 0.3 is 0 Å². The smallest absolute Gasteiger partial charge is 0.0102 e. The van der Waals surface area contributed by atoms with Gasteiger partial charge in [0, 0.05) is 4.75 Å². The van der Waals surface area contributed by atoms with Gasteiger partial charge in [-0.15, -0.1) is 0 Å². The van der Waals surface area contributed by atoms with Crippen molar-refractivity contribution in [1.29, 1.82) is 0 Å². The van der Waals surface area contributed by atoms with Crippen LogP contribution in [0.2, 0.25) is 0 Å². The van der Waals surface area contributed by atoms with Crippen molar-refractivity contribution in [2.75, 3.05) is 0 Å². The summed E-state index contributed by atoms with van der Waals surface area (Å²) in [5.74, 6) is 1.74. The largest absolute Gasteiger partial charge is 0.173 e. The molecule has 0 bridgehead atoms. The van der Waals surface area contributed by atoms with Gasteiger partial charge in [-0.05, 0) is 50.4 Å². The first-order valence-corrected chi connectivity index (χ1v) is 6.43. The Morgan fingerprint density at radius 2 is 2.14 bits per heavy atom. The molecule has 2 aliphatic rings. The molecular formula is C13H22S. The van der Waals surface area contributed by atoms with Gasteiger partial charge in [0.2, 0.25) is 0 Å². The van der Waals surface area contributed by atoms with Gasteiger partial charge in [-0.1, -0.05) is 25.5 Å². The Balaban J connectivity index is 2.04. The molecule has 2 unspecified atom stereocenters. The van der Waals surface area contributed by atoms with Gasteiger partial charge < -0.3 is 0 Å². The second kappa shape index (κ2) is 3.92. The van der Waals surface area contributed by atoms with Gasteiger partial charge in [0.05, 0.1) is 0 Å². The van der Waals surface area contributed by atoms with Gasteiger partial charge in [-0.25, -0.2) is 0 Å². The fourth-order valence-corrected chi connectivity index (χ4v) is 3.26. The molecule has 1 heteroatoms. The summed E-state index contributed by atoms with van der Waals surface area (Å²) in [7, 11) is 0. The van der Waals surface area contributed by atoms with Crippen molar-refractivity contribution in [3.8, 4) is 0 Å². The van der Waals surface area contributed by atoms with E-state index in [0.717, 1.165) is 11.8 Å². The van der Waals surface area contributed by atoms with Crippen LogP contribution in [-0.2, 0) is 0 Å². The predicted octanol–water partition coefficient (Wildman–Crippen LogP) is 4.22. The Morgan fingerprint density at radius 1 is 1.36 bits per heavy atom. The lowest BCUT2D eigenvalue weighted by Crippen LogP contribution is -2.31. The lowest BCUT2D eigenvalue weighted by atomic mass is 9.70. The van der Waals surface area contributed by atoms with E-state index in [-0.39, 0.29) is 4.75 Å². The lowest BCUT2D eigenvalue weighted by molar-refractivity contribution is 0.266. The molecule has 0 spiro atoms. The summed E-state index contributed by atoms with van der Waals surface area (Å²) >= 11 is 4.73. The Labute approximate surface area is 93.6 Å². The third-order valence-corrected chi connectivity index (χ3v) is 4.40. The quantitative estimate of drug-likeness (QED) is 0.486. The summed E-state index contributed by atoms with van der Waals surface area (Å²) in [6.45, 7) is 4.55. The van der Waals surface area contributed by atoms with E-state index in [2.05, 4.69) is 19.9 Å². The van der Waals surface area contributed by atoms with E-state index in [9.17, 15) is 0 Å². The van der Waals surface area contributed by atoms with Crippen LogP contribution >= 0.6 is 12.6 Å². The normalized spacial score (nSPS) is 33.5. The SMILES string of the molecule is CC(C)(S)C1CCC2=CCCCC2C1. The molecule has 0 heterocycles. The van der Waals surface area contributed by atoms with Gasteiger partial charge in [0.15, 0.2) is 0 Å². The maximum Gasteiger partial charge on any atom is 0.0102 e. The zero-order valence-corrected chi connectivity index (χ0v) is 10.3. The maximum absolute atomic E-state index is 4.73. The van der Waals surface area contributed by atoms with Crippen LogP contribution in [0.15, 0.2) is 11.6 Å². The molecule has 0 nitrogen and oxygen atoms in total. The zero-order chi connectivity index (χ0) is 10.2. The van der Waals surface area contributed by atoms with Gasteiger partial charge in [0.25, 0.3) is 0 Å². The molecule has 2 aliphatic carbocycles. The number of rotatable bonds is 1. The van der Waals surface area contributed by atoms with Gasteiger partial charge in [-0.2, -0.15) is 12.6 Å². The topological polar surface area (TPSA) is 0 Å². The van der Waals surface area contributed by atoms with Gasteiger partial charge in [-0.3, -0.25) is 0 Å². The summed E-state index contributed by atoms with van der Waals surface area (Å²) in [5.41, 5.74) is 1.77. The van der Waals surface area contributed by atoms with Crippen LogP contribution in [0.25, 0.3) is 0 Å². The Bertz CT molecular complexity index is 234. The van der Waals surface area contributed by atoms with Crippen LogP contribution in [0.3, 0.4) is 0 Å². The van der Waals surface area contributed by atoms with Crippen molar-refractivity contribution >= 4 is 12.6 Å². The van der Waals surface area contributed by atoms with E-state index in [1.807, 2.05) is 0 Å². The fourth-order valence-electron chi connectivity index (χ4n) is 3.02. The summed E-state index contributed by atoms with van der Waals surface area (Å²) in [4.78, 5) is 0. The van der Waals surface area contributed by atoms with Crippen LogP contribution in [0, 0.1) is 11.8 Å². The van der Waals surface area contributed by atoms with Crippen molar-refractivity contribution in [3.05, 3.63) is 11.6 Å². The average Bonchev–Trinajstić information content (AvgIpc) is 2.16. The molecule has 0 saturated heterocycles. The minimum absolute atomic E-state index is 0.225. The highest BCUT2D eigenvalue weighted by Gasteiger charge is 2.33. The van der Waals surface area contributed by atoms with Crippen molar-refractivity contribution in [2.24, 2.45) is 11.8 Å². The third-order valence-electron chi connectivity index (χ3n) is 4.04. The molecule has 0 aromatic heterocycles. The first-order chi connectivity index (χ1) is 6.57. The van der Waals surface area contributed by atoms with E-state index >= 15 is 0 Å². The van der Waals surface area contributed by atoms with Crippen molar-refractivity contribution in [1.82, 2.24) is 0 Å². The van der Waals surface area contributed by atoms with Crippen molar-refractivity contribution in [2.45, 2.75) is 57.1 Å². The van der Waals surface area contributed by atoms with E-state index in [1.165, 1.54) is 38.5 Å². The van der Waals surface area contributed by atoms with E-state index in [1.54, 1.807) is 5.57 Å². The first kappa shape index (κ1) is 10.6. The molecule has 0 N–H and O–H groups in total. The summed E-state index contributed by atoms with van der Waals surface area (Å²) in [5, 5.41) is 0. The summed E-state index contributed by atoms with van der Waals surface area (Å²) < 4.78 is 0.225. The average molecular weight is 210 g/mol. The van der Waals surface area contributed by atoms with Crippen LogP contribution < -0.4 is 0 Å². The van der Waals surface area contributed by atoms with Gasteiger partial charge in [0.1, 0.15) is 0 Å². The third kappa shape index (κ3) is 2.18. The number of hydrogen-bond acceptors (Lipinski definition) is 1. The maximum atomic E-state index is 4.73. The highest BCUT2D eigenvalue weighted by Crippen LogP contribution is 2.44. The number of thiol groups is 1.